The van der Waals surface area contributed by atoms with Gasteiger partial charge in [0.05, 0.1) is 11.3 Å². The number of rotatable bonds is 8. The third-order valence-electron chi connectivity index (χ3n) is 8.98. The molecule has 1 N–H and O–H groups in total. The molecule has 0 bridgehead atoms. The van der Waals surface area contributed by atoms with Crippen LogP contribution < -0.4 is 0 Å². The van der Waals surface area contributed by atoms with E-state index in [0.29, 0.717) is 38.8 Å². The molecule has 0 unspecified atom stereocenters. The van der Waals surface area contributed by atoms with Gasteiger partial charge < -0.3 is 21.9 Å². The minimum atomic E-state index is -0.272. The quantitative estimate of drug-likeness (QED) is 0.0718. The van der Waals surface area contributed by atoms with Gasteiger partial charge in [-0.1, -0.05) is 69.8 Å². The van der Waals surface area contributed by atoms with Crippen LogP contribution in [0.5, 0.6) is 0 Å². The molecule has 4 nitrogen and oxygen atoms in total. The van der Waals surface area contributed by atoms with Gasteiger partial charge in [0.25, 0.3) is 0 Å². The molecule has 255 valence electrons. The molecule has 0 saturated heterocycles. The van der Waals surface area contributed by atoms with Gasteiger partial charge in [0.2, 0.25) is 0 Å². The Morgan fingerprint density at radius 1 is 0.875 bits per heavy atom. The molecule has 48 heavy (non-hydrogen) atoms. The van der Waals surface area contributed by atoms with Gasteiger partial charge >= 0.3 is 0 Å². The van der Waals surface area contributed by atoms with Crippen LogP contribution in [-0.2, 0) is 24.9 Å². The molecular weight excluding hydrogens is 785 g/mol. The minimum Gasteiger partial charge on any atom is -0.512 e. The molecule has 2 aromatic heterocycles. The standard InChI is InChI=1S/C27H16F2NO.C13H24O2.CH3.Ir/c1-14-11-21-24-23(8-3-15(2)25(24)29)31-27(21)22(12-14)26-20-6-4-16-13-17(28)5-7-18(16)19(20)9-10-30-26;1-5-10(6-2)12(14)9-13(15)11(7-3)8-4;;/h3-11,13H,1-2H3;9-11,14H,5-8H2,1-4H3;1H3;/q-1;;-1;/b;12-9-;;. The van der Waals surface area contributed by atoms with Gasteiger partial charge in [-0.05, 0) is 89.7 Å². The van der Waals surface area contributed by atoms with Gasteiger partial charge in [-0.2, -0.15) is 0 Å². The van der Waals surface area contributed by atoms with Crippen molar-refractivity contribution in [2.45, 2.75) is 67.2 Å². The Morgan fingerprint density at radius 3 is 2.21 bits per heavy atom. The number of hydrogen-bond acceptors (Lipinski definition) is 4. The first-order chi connectivity index (χ1) is 22.1. The van der Waals surface area contributed by atoms with Gasteiger partial charge in [0, 0.05) is 49.6 Å². The molecule has 6 aromatic rings. The first-order valence-corrected chi connectivity index (χ1v) is 16.1. The van der Waals surface area contributed by atoms with E-state index in [1.165, 1.54) is 18.2 Å². The van der Waals surface area contributed by atoms with Gasteiger partial charge in [-0.3, -0.25) is 4.79 Å². The number of furan rings is 1. The number of nitrogens with zero attached hydrogens (tertiary/aromatic N) is 1. The van der Waals surface area contributed by atoms with Crippen molar-refractivity contribution < 1.29 is 43.2 Å². The third kappa shape index (κ3) is 7.53. The monoisotopic (exact) mass is 828 g/mol. The molecular formula is C41H43F2IrNO3-2. The summed E-state index contributed by atoms with van der Waals surface area (Å²) in [7, 11) is 0. The summed E-state index contributed by atoms with van der Waals surface area (Å²) in [6, 6.07) is 19.3. The van der Waals surface area contributed by atoms with Gasteiger partial charge in [-0.15, -0.1) is 17.7 Å². The number of aryl methyl sites for hydroxylation is 2. The molecule has 7 heteroatoms. The Bertz CT molecular complexity index is 2090. The topological polar surface area (TPSA) is 63.3 Å². The molecule has 0 spiro atoms. The average molecular weight is 828 g/mol. The zero-order valence-corrected chi connectivity index (χ0v) is 31.0. The largest absolute Gasteiger partial charge is 0.512 e. The number of aromatic nitrogens is 1. The Balaban J connectivity index is 0.000000318. The number of aliphatic hydroxyl groups is 1. The van der Waals surface area contributed by atoms with E-state index in [1.54, 1.807) is 31.3 Å². The summed E-state index contributed by atoms with van der Waals surface area (Å²) < 4.78 is 34.8. The van der Waals surface area contributed by atoms with E-state index in [2.05, 4.69) is 11.1 Å². The van der Waals surface area contributed by atoms with E-state index in [-0.39, 0.29) is 62.5 Å². The fourth-order valence-electron chi connectivity index (χ4n) is 6.22. The normalized spacial score (nSPS) is 11.6. The van der Waals surface area contributed by atoms with E-state index in [0.717, 1.165) is 52.8 Å². The van der Waals surface area contributed by atoms with Crippen molar-refractivity contribution in [1.82, 2.24) is 4.98 Å². The molecule has 0 aliphatic carbocycles. The Kier molecular flexibility index (Phi) is 13.2. The Hall–Kier alpha value is -3.93. The number of hydrogen-bond donors (Lipinski definition) is 1. The fraction of sp³-hybridized carbons (Fsp3) is 0.293. The number of ketones is 1. The summed E-state index contributed by atoms with van der Waals surface area (Å²) in [4.78, 5) is 16.4. The summed E-state index contributed by atoms with van der Waals surface area (Å²) in [6.07, 6.45) is 6.64. The number of halogens is 2. The molecule has 6 rings (SSSR count). The van der Waals surface area contributed by atoms with Crippen LogP contribution in [0.2, 0.25) is 0 Å². The predicted octanol–water partition coefficient (Wildman–Crippen LogP) is 12.0. The van der Waals surface area contributed by atoms with Gasteiger partial charge in [0.15, 0.2) is 5.78 Å². The average Bonchev–Trinajstić information content (AvgIpc) is 3.42. The van der Waals surface area contributed by atoms with Crippen LogP contribution in [0, 0.1) is 50.8 Å². The maximum absolute atomic E-state index is 15.0. The van der Waals surface area contributed by atoms with E-state index in [1.807, 2.05) is 58.9 Å². The zero-order chi connectivity index (χ0) is 33.1. The zero-order valence-electron chi connectivity index (χ0n) is 28.6. The van der Waals surface area contributed by atoms with Gasteiger partial charge in [-0.25, -0.2) is 8.78 Å². The van der Waals surface area contributed by atoms with E-state index in [4.69, 9.17) is 4.42 Å². The number of benzene rings is 4. The first-order valence-electron chi connectivity index (χ1n) is 16.1. The molecule has 2 heterocycles. The van der Waals surface area contributed by atoms with Crippen molar-refractivity contribution in [3.63, 3.8) is 0 Å². The first kappa shape index (κ1) is 38.5. The minimum absolute atomic E-state index is 0. The van der Waals surface area contributed by atoms with E-state index in [9.17, 15) is 18.7 Å². The second kappa shape index (κ2) is 16.5. The van der Waals surface area contributed by atoms with Crippen molar-refractivity contribution in [2.24, 2.45) is 11.8 Å². The van der Waals surface area contributed by atoms with Crippen molar-refractivity contribution >= 4 is 49.3 Å². The molecule has 0 atom stereocenters. The summed E-state index contributed by atoms with van der Waals surface area (Å²) in [5.41, 5.74) is 3.89. The predicted molar refractivity (Wildman–Crippen MR) is 190 cm³/mol. The molecule has 0 fully saturated rings. The molecule has 0 aliphatic heterocycles. The number of allylic oxidation sites excluding steroid dienone is 2. The summed E-state index contributed by atoms with van der Waals surface area (Å²) in [6.45, 7) is 11.7. The number of fused-ring (bicyclic) bond motifs is 6. The van der Waals surface area contributed by atoms with E-state index < -0.39 is 0 Å². The van der Waals surface area contributed by atoms with Gasteiger partial charge in [0.1, 0.15) is 17.2 Å². The molecule has 0 saturated carbocycles. The van der Waals surface area contributed by atoms with E-state index >= 15 is 0 Å². The molecule has 0 amide bonds. The summed E-state index contributed by atoms with van der Waals surface area (Å²) >= 11 is 0. The molecule has 0 aliphatic rings. The van der Waals surface area contributed by atoms with Crippen LogP contribution in [0.1, 0.15) is 64.5 Å². The van der Waals surface area contributed by atoms with Crippen molar-refractivity contribution in [2.75, 3.05) is 0 Å². The number of carbonyl (C=O) groups is 1. The maximum atomic E-state index is 15.0. The van der Waals surface area contributed by atoms with Crippen molar-refractivity contribution in [1.29, 1.82) is 0 Å². The summed E-state index contributed by atoms with van der Waals surface area (Å²) in [5.74, 6) is 0.00674. The second-order valence-electron chi connectivity index (χ2n) is 11.9. The second-order valence-corrected chi connectivity index (χ2v) is 11.9. The smallest absolute Gasteiger partial charge is 0.162 e. The summed E-state index contributed by atoms with van der Waals surface area (Å²) in [5, 5.41) is 14.6. The number of aliphatic hydroxyl groups excluding tert-OH is 1. The van der Waals surface area contributed by atoms with Crippen molar-refractivity contribution in [3.05, 3.63) is 109 Å². The number of pyridine rings is 1. The Morgan fingerprint density at radius 2 is 1.54 bits per heavy atom. The maximum Gasteiger partial charge on any atom is 0.162 e. The third-order valence-corrected chi connectivity index (χ3v) is 8.98. The fourth-order valence-corrected chi connectivity index (χ4v) is 6.22. The molecule has 4 aromatic carbocycles. The molecule has 1 radical (unpaired) electrons. The number of carbonyl (C=O) groups excluding carboxylic acids is 1. The van der Waals surface area contributed by atoms with Crippen LogP contribution in [0.4, 0.5) is 8.78 Å². The Labute approximate surface area is 295 Å². The van der Waals surface area contributed by atoms with Crippen LogP contribution in [0.15, 0.2) is 77.0 Å². The van der Waals surface area contributed by atoms with Crippen LogP contribution in [-0.4, -0.2) is 15.9 Å². The van der Waals surface area contributed by atoms with Crippen LogP contribution in [0.25, 0.3) is 54.7 Å². The van der Waals surface area contributed by atoms with Crippen LogP contribution >= 0.6 is 0 Å². The van der Waals surface area contributed by atoms with Crippen molar-refractivity contribution in [3.8, 4) is 11.3 Å². The SMILES string of the molecule is CCC(CC)C(=O)/C=C(\O)C(CC)CC.Cc1[c-]c(-c2nccc3c2ccc2cc(F)ccc23)c2oc3ccc(C)c(F)c3c2c1.[CH3-].[Ir]. The van der Waals surface area contributed by atoms with Crippen LogP contribution in [0.3, 0.4) is 0 Å².